The van der Waals surface area contributed by atoms with Crippen molar-refractivity contribution in [3.63, 3.8) is 0 Å². The van der Waals surface area contributed by atoms with Gasteiger partial charge < -0.3 is 10.2 Å². The molecule has 0 radical (unpaired) electrons. The molecule has 18 heavy (non-hydrogen) atoms. The van der Waals surface area contributed by atoms with Crippen LogP contribution in [0.5, 0.6) is 0 Å². The number of hydrogen-bond donors (Lipinski definition) is 1. The van der Waals surface area contributed by atoms with Gasteiger partial charge in [-0.25, -0.2) is 4.98 Å². The third-order valence-corrected chi connectivity index (χ3v) is 3.24. The second kappa shape index (κ2) is 5.77. The quantitative estimate of drug-likeness (QED) is 0.648. The summed E-state index contributed by atoms with van der Waals surface area (Å²) in [6, 6.07) is 3.68. The Morgan fingerprint density at radius 2 is 2.39 bits per heavy atom. The molecule has 2 heterocycles. The largest absolute Gasteiger partial charge is 0.358 e. The van der Waals surface area contributed by atoms with E-state index in [9.17, 15) is 10.1 Å². The predicted octanol–water partition coefficient (Wildman–Crippen LogP) is 1.57. The number of nitrogens with one attached hydrogen (secondary N) is 1. The SMILES string of the molecule is CN(C[C@H]1CCCCN1)c1ccc([N+](=O)[O-])cn1. The van der Waals surface area contributed by atoms with Crippen LogP contribution in [0.25, 0.3) is 0 Å². The molecule has 1 aliphatic rings. The van der Waals surface area contributed by atoms with Gasteiger partial charge in [0.2, 0.25) is 0 Å². The van der Waals surface area contributed by atoms with Gasteiger partial charge in [0.1, 0.15) is 12.0 Å². The van der Waals surface area contributed by atoms with Gasteiger partial charge in [0.05, 0.1) is 4.92 Å². The zero-order valence-electron chi connectivity index (χ0n) is 10.5. The summed E-state index contributed by atoms with van der Waals surface area (Å²) in [5.74, 6) is 0.771. The average Bonchev–Trinajstić information content (AvgIpc) is 2.40. The Morgan fingerprint density at radius 3 is 2.94 bits per heavy atom. The lowest BCUT2D eigenvalue weighted by Gasteiger charge is -2.28. The monoisotopic (exact) mass is 250 g/mol. The topological polar surface area (TPSA) is 71.3 Å². The maximum absolute atomic E-state index is 10.5. The Kier molecular flexibility index (Phi) is 4.09. The van der Waals surface area contributed by atoms with Crippen molar-refractivity contribution in [3.8, 4) is 0 Å². The van der Waals surface area contributed by atoms with E-state index in [1.807, 2.05) is 11.9 Å². The van der Waals surface area contributed by atoms with Crippen molar-refractivity contribution in [1.29, 1.82) is 0 Å². The van der Waals surface area contributed by atoms with Crippen LogP contribution in [0, 0.1) is 10.1 Å². The Labute approximate surface area is 106 Å². The minimum absolute atomic E-state index is 0.0305. The molecule has 1 aliphatic heterocycles. The molecule has 1 fully saturated rings. The summed E-state index contributed by atoms with van der Waals surface area (Å²) in [5, 5.41) is 14.0. The van der Waals surface area contributed by atoms with Crippen molar-refractivity contribution in [2.24, 2.45) is 0 Å². The van der Waals surface area contributed by atoms with Gasteiger partial charge in [-0.15, -0.1) is 0 Å². The molecule has 6 nitrogen and oxygen atoms in total. The Morgan fingerprint density at radius 1 is 1.56 bits per heavy atom. The summed E-state index contributed by atoms with van der Waals surface area (Å²) in [4.78, 5) is 16.3. The smallest absolute Gasteiger partial charge is 0.287 e. The molecule has 0 unspecified atom stereocenters. The fraction of sp³-hybridized carbons (Fsp3) is 0.583. The Bertz CT molecular complexity index is 401. The van der Waals surface area contributed by atoms with Crippen LogP contribution >= 0.6 is 0 Å². The highest BCUT2D eigenvalue weighted by molar-refractivity contribution is 5.42. The first-order valence-corrected chi connectivity index (χ1v) is 6.22. The fourth-order valence-electron chi connectivity index (χ4n) is 2.22. The number of anilines is 1. The van der Waals surface area contributed by atoms with Gasteiger partial charge in [0, 0.05) is 25.7 Å². The summed E-state index contributed by atoms with van der Waals surface area (Å²) in [5.41, 5.74) is 0.0305. The first-order valence-electron chi connectivity index (χ1n) is 6.22. The number of hydrogen-bond acceptors (Lipinski definition) is 5. The molecule has 0 aliphatic carbocycles. The molecule has 1 aromatic heterocycles. The molecule has 0 aromatic carbocycles. The molecule has 0 bridgehead atoms. The van der Waals surface area contributed by atoms with Gasteiger partial charge in [-0.3, -0.25) is 10.1 Å². The lowest BCUT2D eigenvalue weighted by Crippen LogP contribution is -2.42. The fourth-order valence-corrected chi connectivity index (χ4v) is 2.22. The lowest BCUT2D eigenvalue weighted by molar-refractivity contribution is -0.385. The zero-order chi connectivity index (χ0) is 13.0. The molecule has 0 amide bonds. The van der Waals surface area contributed by atoms with Crippen molar-refractivity contribution in [1.82, 2.24) is 10.3 Å². The summed E-state index contributed by atoms with van der Waals surface area (Å²) in [7, 11) is 1.96. The summed E-state index contributed by atoms with van der Waals surface area (Å²) in [6.45, 7) is 1.96. The van der Waals surface area contributed by atoms with E-state index < -0.39 is 4.92 Å². The summed E-state index contributed by atoms with van der Waals surface area (Å²) < 4.78 is 0. The van der Waals surface area contributed by atoms with E-state index in [1.165, 1.54) is 31.5 Å². The highest BCUT2D eigenvalue weighted by Gasteiger charge is 2.15. The third-order valence-electron chi connectivity index (χ3n) is 3.24. The lowest BCUT2D eigenvalue weighted by atomic mass is 10.0. The summed E-state index contributed by atoms with van der Waals surface area (Å²) in [6.07, 6.45) is 4.99. The molecule has 1 N–H and O–H groups in total. The van der Waals surface area contributed by atoms with Gasteiger partial charge >= 0.3 is 0 Å². The van der Waals surface area contributed by atoms with Crippen LogP contribution in [0.4, 0.5) is 11.5 Å². The molecule has 1 aromatic rings. The van der Waals surface area contributed by atoms with Crippen LogP contribution in [0.1, 0.15) is 19.3 Å². The molecule has 98 valence electrons. The van der Waals surface area contributed by atoms with E-state index in [2.05, 4.69) is 10.3 Å². The van der Waals surface area contributed by atoms with Gasteiger partial charge in [-0.2, -0.15) is 0 Å². The van der Waals surface area contributed by atoms with E-state index >= 15 is 0 Å². The van der Waals surface area contributed by atoms with Gasteiger partial charge in [0.25, 0.3) is 5.69 Å². The van der Waals surface area contributed by atoms with Crippen molar-refractivity contribution in [2.45, 2.75) is 25.3 Å². The van der Waals surface area contributed by atoms with Gasteiger partial charge in [-0.05, 0) is 25.5 Å². The molecule has 2 rings (SSSR count). The van der Waals surface area contributed by atoms with E-state index in [0.29, 0.717) is 6.04 Å². The second-order valence-corrected chi connectivity index (χ2v) is 4.66. The number of rotatable bonds is 4. The van der Waals surface area contributed by atoms with Crippen LogP contribution < -0.4 is 10.2 Å². The maximum atomic E-state index is 10.5. The Hall–Kier alpha value is -1.69. The van der Waals surface area contributed by atoms with Crippen molar-refractivity contribution < 1.29 is 4.92 Å². The first kappa shape index (κ1) is 12.8. The summed E-state index contributed by atoms with van der Waals surface area (Å²) >= 11 is 0. The molecular formula is C12H18N4O2. The van der Waals surface area contributed by atoms with Gasteiger partial charge in [-0.1, -0.05) is 6.42 Å². The molecule has 1 saturated heterocycles. The standard InChI is InChI=1S/C12H18N4O2/c1-15(9-10-4-2-3-7-13-10)12-6-5-11(8-14-12)16(17)18/h5-6,8,10,13H,2-4,7,9H2,1H3/t10-/m1/s1. The normalized spacial score (nSPS) is 19.5. The van der Waals surface area contributed by atoms with Crippen molar-refractivity contribution in [2.75, 3.05) is 25.0 Å². The van der Waals surface area contributed by atoms with E-state index in [4.69, 9.17) is 0 Å². The van der Waals surface area contributed by atoms with Crippen LogP contribution in [0.2, 0.25) is 0 Å². The van der Waals surface area contributed by atoms with Gasteiger partial charge in [0.15, 0.2) is 0 Å². The highest BCUT2D eigenvalue weighted by atomic mass is 16.6. The number of likely N-dealkylation sites (N-methyl/N-ethyl adjacent to an activating group) is 1. The first-order chi connectivity index (χ1) is 8.66. The number of aromatic nitrogens is 1. The van der Waals surface area contributed by atoms with E-state index in [-0.39, 0.29) is 5.69 Å². The van der Waals surface area contributed by atoms with Crippen molar-refractivity contribution in [3.05, 3.63) is 28.4 Å². The second-order valence-electron chi connectivity index (χ2n) is 4.66. The minimum Gasteiger partial charge on any atom is -0.358 e. The highest BCUT2D eigenvalue weighted by Crippen LogP contribution is 2.16. The minimum atomic E-state index is -0.431. The number of nitrogens with zero attached hydrogens (tertiary/aromatic N) is 3. The van der Waals surface area contributed by atoms with Crippen molar-refractivity contribution >= 4 is 11.5 Å². The van der Waals surface area contributed by atoms with Crippen LogP contribution in [0.3, 0.4) is 0 Å². The molecular weight excluding hydrogens is 232 g/mol. The van der Waals surface area contributed by atoms with Crippen LogP contribution in [-0.2, 0) is 0 Å². The predicted molar refractivity (Wildman–Crippen MR) is 69.8 cm³/mol. The van der Waals surface area contributed by atoms with Crippen LogP contribution in [0.15, 0.2) is 18.3 Å². The molecule has 0 saturated carbocycles. The van der Waals surface area contributed by atoms with E-state index in [1.54, 1.807) is 6.07 Å². The van der Waals surface area contributed by atoms with Crippen LogP contribution in [-0.4, -0.2) is 36.1 Å². The third kappa shape index (κ3) is 3.16. The number of pyridine rings is 1. The Balaban J connectivity index is 1.95. The maximum Gasteiger partial charge on any atom is 0.287 e. The average molecular weight is 250 g/mol. The molecule has 0 spiro atoms. The number of nitro groups is 1. The number of piperidine rings is 1. The molecule has 1 atom stereocenters. The molecule has 6 heteroatoms. The zero-order valence-corrected chi connectivity index (χ0v) is 10.5. The van der Waals surface area contributed by atoms with E-state index in [0.717, 1.165) is 18.9 Å².